The maximum Gasteiger partial charge on any atom is 0.320 e. The summed E-state index contributed by atoms with van der Waals surface area (Å²) in [5.41, 5.74) is 8.15. The van der Waals surface area contributed by atoms with Gasteiger partial charge in [-0.3, -0.25) is 4.79 Å². The van der Waals surface area contributed by atoms with E-state index in [9.17, 15) is 4.79 Å². The van der Waals surface area contributed by atoms with Crippen LogP contribution in [0.1, 0.15) is 11.1 Å². The van der Waals surface area contributed by atoms with Crippen molar-refractivity contribution in [3.05, 3.63) is 54.6 Å². The number of hydrogen-bond donors (Lipinski definition) is 2. The van der Waals surface area contributed by atoms with Crippen molar-refractivity contribution >= 4 is 11.5 Å². The predicted octanol–water partition coefficient (Wildman–Crippen LogP) is 1.84. The minimum atomic E-state index is -0.987. The SMILES string of the molecule is C=CC(=C)c1ccc(CC(N)C(=O)O)cc1. The van der Waals surface area contributed by atoms with Crippen molar-refractivity contribution in [1.82, 2.24) is 0 Å². The smallest absolute Gasteiger partial charge is 0.320 e. The van der Waals surface area contributed by atoms with Crippen LogP contribution in [-0.2, 0) is 11.2 Å². The van der Waals surface area contributed by atoms with Crippen LogP contribution in [-0.4, -0.2) is 17.1 Å². The van der Waals surface area contributed by atoms with Gasteiger partial charge in [0.05, 0.1) is 0 Å². The van der Waals surface area contributed by atoms with Gasteiger partial charge < -0.3 is 10.8 Å². The Bertz CT molecular complexity index is 406. The Balaban J connectivity index is 2.75. The summed E-state index contributed by atoms with van der Waals surface area (Å²) in [6.07, 6.45) is 2.01. The molecular formula is C13H15NO2. The molecule has 1 unspecified atom stereocenters. The lowest BCUT2D eigenvalue weighted by atomic mass is 10.0. The van der Waals surface area contributed by atoms with E-state index >= 15 is 0 Å². The van der Waals surface area contributed by atoms with Crippen molar-refractivity contribution in [3.63, 3.8) is 0 Å². The summed E-state index contributed by atoms with van der Waals surface area (Å²) in [4.78, 5) is 10.6. The van der Waals surface area contributed by atoms with Crippen molar-refractivity contribution in [2.45, 2.75) is 12.5 Å². The molecule has 3 heteroatoms. The molecule has 0 bridgehead atoms. The van der Waals surface area contributed by atoms with E-state index in [4.69, 9.17) is 10.8 Å². The highest BCUT2D eigenvalue weighted by Crippen LogP contribution is 2.14. The second-order valence-corrected chi connectivity index (χ2v) is 3.58. The zero-order valence-electron chi connectivity index (χ0n) is 9.02. The largest absolute Gasteiger partial charge is 0.480 e. The molecule has 1 rings (SSSR count). The van der Waals surface area contributed by atoms with Crippen LogP contribution in [0.25, 0.3) is 5.57 Å². The van der Waals surface area contributed by atoms with E-state index in [0.717, 1.165) is 16.7 Å². The fourth-order valence-electron chi connectivity index (χ4n) is 1.31. The quantitative estimate of drug-likeness (QED) is 0.740. The van der Waals surface area contributed by atoms with Crippen LogP contribution in [0.3, 0.4) is 0 Å². The number of rotatable bonds is 5. The number of hydrogen-bond acceptors (Lipinski definition) is 2. The molecule has 84 valence electrons. The summed E-state index contributed by atoms with van der Waals surface area (Å²) < 4.78 is 0. The van der Waals surface area contributed by atoms with E-state index in [0.29, 0.717) is 6.42 Å². The molecule has 0 amide bonds. The molecule has 0 aliphatic carbocycles. The first kappa shape index (κ1) is 12.2. The van der Waals surface area contributed by atoms with Gasteiger partial charge in [0.1, 0.15) is 6.04 Å². The zero-order valence-corrected chi connectivity index (χ0v) is 9.02. The van der Waals surface area contributed by atoms with Crippen molar-refractivity contribution in [3.8, 4) is 0 Å². The molecule has 0 heterocycles. The Labute approximate surface area is 94.9 Å². The third kappa shape index (κ3) is 3.07. The lowest BCUT2D eigenvalue weighted by Gasteiger charge is -2.07. The monoisotopic (exact) mass is 217 g/mol. The molecule has 3 nitrogen and oxygen atoms in total. The summed E-state index contributed by atoms with van der Waals surface area (Å²) in [6.45, 7) is 7.46. The Morgan fingerprint density at radius 1 is 1.44 bits per heavy atom. The van der Waals surface area contributed by atoms with Gasteiger partial charge in [0.2, 0.25) is 0 Å². The number of nitrogens with two attached hydrogens (primary N) is 1. The van der Waals surface area contributed by atoms with Crippen LogP contribution in [0.5, 0.6) is 0 Å². The van der Waals surface area contributed by atoms with E-state index in [2.05, 4.69) is 13.2 Å². The fourth-order valence-corrected chi connectivity index (χ4v) is 1.31. The van der Waals surface area contributed by atoms with Crippen LogP contribution >= 0.6 is 0 Å². The topological polar surface area (TPSA) is 63.3 Å². The Morgan fingerprint density at radius 3 is 2.44 bits per heavy atom. The van der Waals surface area contributed by atoms with Gasteiger partial charge in [-0.1, -0.05) is 43.5 Å². The Kier molecular flexibility index (Phi) is 4.03. The predicted molar refractivity (Wildman–Crippen MR) is 65.0 cm³/mol. The summed E-state index contributed by atoms with van der Waals surface area (Å²) in [5, 5.41) is 8.67. The molecule has 0 spiro atoms. The molecular weight excluding hydrogens is 202 g/mol. The fraction of sp³-hybridized carbons (Fsp3) is 0.154. The number of carboxylic acids is 1. The van der Waals surface area contributed by atoms with Crippen molar-refractivity contribution in [2.75, 3.05) is 0 Å². The first-order valence-corrected chi connectivity index (χ1v) is 4.93. The normalized spacial score (nSPS) is 11.8. The first-order chi connectivity index (χ1) is 7.54. The van der Waals surface area contributed by atoms with E-state index in [-0.39, 0.29) is 0 Å². The highest BCUT2D eigenvalue weighted by molar-refractivity contribution is 5.74. The third-order valence-corrected chi connectivity index (χ3v) is 2.34. The molecule has 1 atom stereocenters. The molecule has 1 aromatic carbocycles. The van der Waals surface area contributed by atoms with Crippen LogP contribution < -0.4 is 5.73 Å². The van der Waals surface area contributed by atoms with Gasteiger partial charge in [0, 0.05) is 0 Å². The second-order valence-electron chi connectivity index (χ2n) is 3.58. The number of allylic oxidation sites excluding steroid dienone is 2. The standard InChI is InChI=1S/C13H15NO2/c1-3-9(2)11-6-4-10(5-7-11)8-12(14)13(15)16/h3-7,12H,1-2,8,14H2,(H,15,16). The molecule has 0 radical (unpaired) electrons. The van der Waals surface area contributed by atoms with Gasteiger partial charge in [-0.15, -0.1) is 0 Å². The van der Waals surface area contributed by atoms with Crippen molar-refractivity contribution in [1.29, 1.82) is 0 Å². The van der Waals surface area contributed by atoms with E-state index in [1.807, 2.05) is 24.3 Å². The molecule has 0 fully saturated rings. The van der Waals surface area contributed by atoms with Crippen LogP contribution in [0.15, 0.2) is 43.5 Å². The highest BCUT2D eigenvalue weighted by atomic mass is 16.4. The van der Waals surface area contributed by atoms with Crippen molar-refractivity contribution in [2.24, 2.45) is 5.73 Å². The molecule has 3 N–H and O–H groups in total. The molecule has 0 aliphatic heterocycles. The molecule has 0 aliphatic rings. The Morgan fingerprint density at radius 2 is 2.00 bits per heavy atom. The Hall–Kier alpha value is -1.87. The summed E-state index contributed by atoms with van der Waals surface area (Å²) in [7, 11) is 0. The van der Waals surface area contributed by atoms with Gasteiger partial charge in [-0.05, 0) is 23.1 Å². The average molecular weight is 217 g/mol. The van der Waals surface area contributed by atoms with Gasteiger partial charge in [0.15, 0.2) is 0 Å². The maximum absolute atomic E-state index is 10.6. The first-order valence-electron chi connectivity index (χ1n) is 4.93. The minimum Gasteiger partial charge on any atom is -0.480 e. The lowest BCUT2D eigenvalue weighted by molar-refractivity contribution is -0.138. The molecule has 0 aromatic heterocycles. The summed E-state index contributed by atoms with van der Waals surface area (Å²) >= 11 is 0. The zero-order chi connectivity index (χ0) is 12.1. The van der Waals surface area contributed by atoms with Crippen molar-refractivity contribution < 1.29 is 9.90 Å². The van der Waals surface area contributed by atoms with Gasteiger partial charge in [-0.2, -0.15) is 0 Å². The van der Waals surface area contributed by atoms with Gasteiger partial charge >= 0.3 is 5.97 Å². The number of benzene rings is 1. The van der Waals surface area contributed by atoms with E-state index in [1.54, 1.807) is 6.08 Å². The maximum atomic E-state index is 10.6. The van der Waals surface area contributed by atoms with Crippen LogP contribution in [0, 0.1) is 0 Å². The second kappa shape index (κ2) is 5.28. The number of carboxylic acid groups (broad SMARTS) is 1. The third-order valence-electron chi connectivity index (χ3n) is 2.34. The highest BCUT2D eigenvalue weighted by Gasteiger charge is 2.11. The minimum absolute atomic E-state index is 0.330. The summed E-state index contributed by atoms with van der Waals surface area (Å²) in [5.74, 6) is -0.987. The molecule has 0 saturated carbocycles. The lowest BCUT2D eigenvalue weighted by Crippen LogP contribution is -2.32. The van der Waals surface area contributed by atoms with E-state index in [1.165, 1.54) is 0 Å². The molecule has 1 aromatic rings. The van der Waals surface area contributed by atoms with Gasteiger partial charge in [0.25, 0.3) is 0 Å². The average Bonchev–Trinajstić information content (AvgIpc) is 2.28. The number of carbonyl (C=O) groups is 1. The van der Waals surface area contributed by atoms with Gasteiger partial charge in [-0.25, -0.2) is 0 Å². The van der Waals surface area contributed by atoms with Crippen LogP contribution in [0.2, 0.25) is 0 Å². The summed E-state index contributed by atoms with van der Waals surface area (Å²) in [6, 6.07) is 6.62. The van der Waals surface area contributed by atoms with Crippen LogP contribution in [0.4, 0.5) is 0 Å². The van der Waals surface area contributed by atoms with E-state index < -0.39 is 12.0 Å². The number of aliphatic carboxylic acids is 1. The molecule has 16 heavy (non-hydrogen) atoms. The molecule has 0 saturated heterocycles.